The van der Waals surface area contributed by atoms with Crippen LogP contribution in [0.1, 0.15) is 25.0 Å². The summed E-state index contributed by atoms with van der Waals surface area (Å²) >= 11 is 1.65. The predicted octanol–water partition coefficient (Wildman–Crippen LogP) is 3.93. The van der Waals surface area contributed by atoms with Gasteiger partial charge in [-0.25, -0.2) is 9.97 Å². The average Bonchev–Trinajstić information content (AvgIpc) is 3.13. The molecule has 0 spiro atoms. The second-order valence-electron chi connectivity index (χ2n) is 4.69. The van der Waals surface area contributed by atoms with E-state index < -0.39 is 0 Å². The molecule has 0 unspecified atom stereocenters. The second kappa shape index (κ2) is 8.98. The monoisotopic (exact) mass is 341 g/mol. The topological polar surface area (TPSA) is 62.2 Å². The van der Waals surface area contributed by atoms with Crippen molar-refractivity contribution < 1.29 is 0 Å². The highest BCUT2D eigenvalue weighted by atomic mass is 32.1. The largest absolute Gasteiger partial charge is 0.373 e. The van der Waals surface area contributed by atoms with Crippen LogP contribution >= 0.6 is 11.3 Å². The van der Waals surface area contributed by atoms with Gasteiger partial charge in [-0.05, 0) is 23.8 Å². The molecular formula is C18H23N5S. The molecule has 0 aliphatic carbocycles. The molecule has 0 bridgehead atoms. The van der Waals surface area contributed by atoms with Crippen LogP contribution in [0.25, 0.3) is 10.2 Å². The molecule has 0 atom stereocenters. The molecule has 0 aliphatic rings. The Morgan fingerprint density at radius 1 is 1.17 bits per heavy atom. The van der Waals surface area contributed by atoms with E-state index in [1.165, 1.54) is 4.70 Å². The molecule has 1 aromatic carbocycles. The Labute approximate surface area is 146 Å². The number of benzene rings is 1. The maximum atomic E-state index is 4.44. The summed E-state index contributed by atoms with van der Waals surface area (Å²) in [5.41, 5.74) is 5.05. The minimum absolute atomic E-state index is 0.672. The van der Waals surface area contributed by atoms with Gasteiger partial charge in [0.05, 0.1) is 21.3 Å². The van der Waals surface area contributed by atoms with Crippen molar-refractivity contribution in [3.8, 4) is 0 Å². The van der Waals surface area contributed by atoms with E-state index in [0.717, 1.165) is 28.3 Å². The summed E-state index contributed by atoms with van der Waals surface area (Å²) in [6.45, 7) is 4.67. The minimum atomic E-state index is 0.672. The number of thiazole rings is 1. The normalized spacial score (nSPS) is 10.9. The molecule has 24 heavy (non-hydrogen) atoms. The minimum Gasteiger partial charge on any atom is -0.373 e. The average molecular weight is 341 g/mol. The van der Waals surface area contributed by atoms with E-state index in [0.29, 0.717) is 6.54 Å². The highest BCUT2D eigenvalue weighted by molar-refractivity contribution is 7.16. The SMILES string of the molecule is CC.CN=C(NC)c1cccnc1NCc1cccc2scnc12. The highest BCUT2D eigenvalue weighted by Gasteiger charge is 2.09. The zero-order chi connectivity index (χ0) is 17.4. The Hall–Kier alpha value is -2.47. The predicted molar refractivity (Wildman–Crippen MR) is 104 cm³/mol. The Kier molecular flexibility index (Phi) is 6.69. The highest BCUT2D eigenvalue weighted by Crippen LogP contribution is 2.22. The molecule has 6 heteroatoms. The third-order valence-corrected chi connectivity index (χ3v) is 4.21. The van der Waals surface area contributed by atoms with E-state index in [2.05, 4.69) is 43.8 Å². The van der Waals surface area contributed by atoms with Gasteiger partial charge in [0, 0.05) is 26.8 Å². The van der Waals surface area contributed by atoms with E-state index in [4.69, 9.17) is 0 Å². The van der Waals surface area contributed by atoms with Crippen molar-refractivity contribution in [1.29, 1.82) is 0 Å². The number of para-hydroxylation sites is 1. The molecule has 0 radical (unpaired) electrons. The molecule has 0 fully saturated rings. The van der Waals surface area contributed by atoms with Crippen molar-refractivity contribution in [2.75, 3.05) is 19.4 Å². The Morgan fingerprint density at radius 3 is 2.75 bits per heavy atom. The molecule has 3 rings (SSSR count). The molecule has 126 valence electrons. The molecule has 2 N–H and O–H groups in total. The van der Waals surface area contributed by atoms with Crippen molar-refractivity contribution >= 4 is 33.2 Å². The number of hydrogen-bond acceptors (Lipinski definition) is 5. The second-order valence-corrected chi connectivity index (χ2v) is 5.58. The smallest absolute Gasteiger partial charge is 0.137 e. The molecule has 5 nitrogen and oxygen atoms in total. The summed E-state index contributed by atoms with van der Waals surface area (Å²) in [5, 5.41) is 6.48. The summed E-state index contributed by atoms with van der Waals surface area (Å²) < 4.78 is 1.20. The van der Waals surface area contributed by atoms with Crippen molar-refractivity contribution in [2.24, 2.45) is 4.99 Å². The van der Waals surface area contributed by atoms with Gasteiger partial charge in [-0.3, -0.25) is 4.99 Å². The van der Waals surface area contributed by atoms with Gasteiger partial charge in [0.1, 0.15) is 11.7 Å². The maximum Gasteiger partial charge on any atom is 0.137 e. The van der Waals surface area contributed by atoms with Gasteiger partial charge in [-0.2, -0.15) is 0 Å². The zero-order valence-corrected chi connectivity index (χ0v) is 15.3. The first-order valence-electron chi connectivity index (χ1n) is 7.98. The lowest BCUT2D eigenvalue weighted by molar-refractivity contribution is 1.10. The zero-order valence-electron chi connectivity index (χ0n) is 14.5. The standard InChI is InChI=1S/C16H17N5S.C2H6/c1-17-15(18-2)12-6-4-8-19-16(12)20-9-11-5-3-7-13-14(11)21-10-22-13;1-2/h3-8,10H,9H2,1-2H3,(H,17,18)(H,19,20);1-2H3. The first kappa shape index (κ1) is 17.9. The van der Waals surface area contributed by atoms with Crippen LogP contribution in [0.5, 0.6) is 0 Å². The number of nitrogens with zero attached hydrogens (tertiary/aromatic N) is 3. The summed E-state index contributed by atoms with van der Waals surface area (Å²) in [5.74, 6) is 1.62. The van der Waals surface area contributed by atoms with Crippen LogP contribution in [0.15, 0.2) is 47.0 Å². The van der Waals surface area contributed by atoms with Crippen LogP contribution in [-0.4, -0.2) is 29.9 Å². The number of anilines is 1. The van der Waals surface area contributed by atoms with Gasteiger partial charge >= 0.3 is 0 Å². The lowest BCUT2D eigenvalue weighted by Gasteiger charge is -2.12. The fourth-order valence-electron chi connectivity index (χ4n) is 2.37. The molecule has 2 heterocycles. The molecule has 2 aromatic heterocycles. The van der Waals surface area contributed by atoms with Crippen LogP contribution in [0.2, 0.25) is 0 Å². The molecule has 3 aromatic rings. The van der Waals surface area contributed by atoms with E-state index in [-0.39, 0.29) is 0 Å². The summed E-state index contributed by atoms with van der Waals surface area (Å²) in [6.07, 6.45) is 1.78. The fourth-order valence-corrected chi connectivity index (χ4v) is 3.10. The van der Waals surface area contributed by atoms with Gasteiger partial charge < -0.3 is 10.6 Å². The summed E-state index contributed by atoms with van der Waals surface area (Å²) in [7, 11) is 3.62. The maximum absolute atomic E-state index is 4.44. The van der Waals surface area contributed by atoms with Crippen molar-refractivity contribution in [2.45, 2.75) is 20.4 Å². The quantitative estimate of drug-likeness (QED) is 0.557. The van der Waals surface area contributed by atoms with Crippen LogP contribution in [0.4, 0.5) is 5.82 Å². The number of rotatable bonds is 4. The third kappa shape index (κ3) is 3.89. The fraction of sp³-hybridized carbons (Fsp3) is 0.278. The van der Waals surface area contributed by atoms with Crippen LogP contribution in [-0.2, 0) is 6.54 Å². The van der Waals surface area contributed by atoms with Crippen LogP contribution in [0, 0.1) is 0 Å². The molecule has 0 saturated heterocycles. The summed E-state index contributed by atoms with van der Waals surface area (Å²) in [4.78, 5) is 13.1. The summed E-state index contributed by atoms with van der Waals surface area (Å²) in [6, 6.07) is 10.1. The third-order valence-electron chi connectivity index (χ3n) is 3.41. The Bertz CT molecular complexity index is 810. The van der Waals surface area contributed by atoms with Gasteiger partial charge in [-0.15, -0.1) is 11.3 Å². The van der Waals surface area contributed by atoms with E-state index in [9.17, 15) is 0 Å². The van der Waals surface area contributed by atoms with Gasteiger partial charge in [0.2, 0.25) is 0 Å². The van der Waals surface area contributed by atoms with Crippen molar-refractivity contribution in [1.82, 2.24) is 15.3 Å². The number of amidine groups is 1. The number of nitrogens with one attached hydrogen (secondary N) is 2. The first-order valence-corrected chi connectivity index (χ1v) is 8.86. The lowest BCUT2D eigenvalue weighted by atomic mass is 10.2. The number of aromatic nitrogens is 2. The number of pyridine rings is 1. The molecule has 0 aliphatic heterocycles. The van der Waals surface area contributed by atoms with Gasteiger partial charge in [-0.1, -0.05) is 26.0 Å². The van der Waals surface area contributed by atoms with E-state index in [1.54, 1.807) is 24.6 Å². The Balaban J connectivity index is 0.00000100. The van der Waals surface area contributed by atoms with Gasteiger partial charge in [0.15, 0.2) is 0 Å². The number of aliphatic imine (C=N–C) groups is 1. The van der Waals surface area contributed by atoms with Gasteiger partial charge in [0.25, 0.3) is 0 Å². The van der Waals surface area contributed by atoms with Crippen LogP contribution in [0.3, 0.4) is 0 Å². The van der Waals surface area contributed by atoms with Crippen molar-refractivity contribution in [3.63, 3.8) is 0 Å². The number of hydrogen-bond donors (Lipinski definition) is 2. The first-order chi connectivity index (χ1) is 11.8. The molecule has 0 saturated carbocycles. The molecule has 0 amide bonds. The van der Waals surface area contributed by atoms with Crippen LogP contribution < -0.4 is 10.6 Å². The van der Waals surface area contributed by atoms with Crippen molar-refractivity contribution in [3.05, 3.63) is 53.2 Å². The van der Waals surface area contributed by atoms with E-state index in [1.807, 2.05) is 38.5 Å². The number of fused-ring (bicyclic) bond motifs is 1. The Morgan fingerprint density at radius 2 is 2.00 bits per heavy atom. The molecular weight excluding hydrogens is 318 g/mol. The lowest BCUT2D eigenvalue weighted by Crippen LogP contribution is -2.21. The van der Waals surface area contributed by atoms with E-state index >= 15 is 0 Å².